The molecule has 0 N–H and O–H groups in total. The Labute approximate surface area is 98.5 Å². The number of non-ortho nitro benzene ring substituents is 1. The van der Waals surface area contributed by atoms with E-state index < -0.39 is 10.3 Å². The van der Waals surface area contributed by atoms with E-state index in [1.54, 1.807) is 12.1 Å². The Morgan fingerprint density at radius 1 is 1.47 bits per heavy atom. The van der Waals surface area contributed by atoms with Crippen molar-refractivity contribution in [3.05, 3.63) is 34.4 Å². The molecule has 1 atom stereocenters. The molecule has 1 aliphatic rings. The van der Waals surface area contributed by atoms with Crippen LogP contribution >= 0.6 is 0 Å². The second-order valence-electron chi connectivity index (χ2n) is 4.71. The second kappa shape index (κ2) is 3.84. The first kappa shape index (κ1) is 11.6. The van der Waals surface area contributed by atoms with Crippen LogP contribution in [0.2, 0.25) is 0 Å². The number of nitrogens with zero attached hydrogens (tertiary/aromatic N) is 1. The maximum atomic E-state index is 11.3. The van der Waals surface area contributed by atoms with Gasteiger partial charge in [0, 0.05) is 12.5 Å². The monoisotopic (exact) mass is 235 g/mol. The summed E-state index contributed by atoms with van der Waals surface area (Å²) in [6.07, 6.45) is 0.174. The van der Waals surface area contributed by atoms with Gasteiger partial charge in [-0.15, -0.1) is 0 Å². The van der Waals surface area contributed by atoms with Crippen LogP contribution in [-0.4, -0.2) is 16.8 Å². The highest BCUT2D eigenvalue weighted by atomic mass is 16.6. The number of Topliss-reactive ketones (excluding diaryl/α,β-unsaturated/α-hetero) is 1. The van der Waals surface area contributed by atoms with Gasteiger partial charge in [-0.2, -0.15) is 0 Å². The molecule has 0 aliphatic heterocycles. The first-order chi connectivity index (χ1) is 7.91. The van der Waals surface area contributed by atoms with Crippen molar-refractivity contribution < 1.29 is 14.5 Å². The second-order valence-corrected chi connectivity index (χ2v) is 4.71. The Hall–Kier alpha value is -1.91. The lowest BCUT2D eigenvalue weighted by molar-refractivity contribution is -0.385. The van der Waals surface area contributed by atoms with Crippen molar-refractivity contribution >= 4 is 11.5 Å². The molecule has 0 heterocycles. The zero-order valence-corrected chi connectivity index (χ0v) is 9.67. The van der Waals surface area contributed by atoms with Gasteiger partial charge in [0.2, 0.25) is 0 Å². The smallest absolute Gasteiger partial charge is 0.273 e. The highest BCUT2D eigenvalue weighted by Gasteiger charge is 2.49. The molecule has 2 rings (SSSR count). The van der Waals surface area contributed by atoms with Crippen molar-refractivity contribution in [2.75, 3.05) is 0 Å². The molecular formula is C12H13NO4. The third-order valence-corrected chi connectivity index (χ3v) is 3.20. The van der Waals surface area contributed by atoms with Crippen LogP contribution in [-0.2, 0) is 4.79 Å². The SMILES string of the molecule is CC1(C)C(=O)CC1Oc1cccc([N+](=O)[O-])c1. The summed E-state index contributed by atoms with van der Waals surface area (Å²) in [6, 6.07) is 6.01. The van der Waals surface area contributed by atoms with E-state index in [2.05, 4.69) is 0 Å². The van der Waals surface area contributed by atoms with Gasteiger partial charge in [-0.05, 0) is 19.9 Å². The van der Waals surface area contributed by atoms with Gasteiger partial charge in [-0.3, -0.25) is 14.9 Å². The number of carbonyl (C=O) groups is 1. The van der Waals surface area contributed by atoms with Crippen LogP contribution in [0.15, 0.2) is 24.3 Å². The maximum Gasteiger partial charge on any atom is 0.273 e. The van der Waals surface area contributed by atoms with Crippen molar-refractivity contribution in [2.45, 2.75) is 26.4 Å². The van der Waals surface area contributed by atoms with Crippen LogP contribution in [0.5, 0.6) is 5.75 Å². The molecular weight excluding hydrogens is 222 g/mol. The first-order valence-electron chi connectivity index (χ1n) is 5.35. The number of nitro groups is 1. The maximum absolute atomic E-state index is 11.3. The van der Waals surface area contributed by atoms with Crippen molar-refractivity contribution in [3.8, 4) is 5.75 Å². The predicted octanol–water partition coefficient (Wildman–Crippen LogP) is 2.34. The largest absolute Gasteiger partial charge is 0.489 e. The van der Waals surface area contributed by atoms with E-state index in [-0.39, 0.29) is 17.6 Å². The minimum Gasteiger partial charge on any atom is -0.489 e. The van der Waals surface area contributed by atoms with Gasteiger partial charge in [0.05, 0.1) is 16.4 Å². The number of benzene rings is 1. The van der Waals surface area contributed by atoms with Gasteiger partial charge in [0.25, 0.3) is 5.69 Å². The van der Waals surface area contributed by atoms with Crippen LogP contribution in [0.4, 0.5) is 5.69 Å². The Bertz CT molecular complexity index is 481. The lowest BCUT2D eigenvalue weighted by atomic mass is 9.68. The molecule has 0 aromatic heterocycles. The van der Waals surface area contributed by atoms with Crippen LogP contribution in [0.1, 0.15) is 20.3 Å². The van der Waals surface area contributed by atoms with E-state index in [1.807, 2.05) is 13.8 Å². The zero-order chi connectivity index (χ0) is 12.6. The number of ketones is 1. The highest BCUT2D eigenvalue weighted by molar-refractivity contribution is 5.91. The number of nitro benzene ring substituents is 1. The molecule has 17 heavy (non-hydrogen) atoms. The molecule has 5 heteroatoms. The van der Waals surface area contributed by atoms with E-state index in [0.717, 1.165) is 0 Å². The van der Waals surface area contributed by atoms with E-state index in [9.17, 15) is 14.9 Å². The molecule has 1 fully saturated rings. The fourth-order valence-corrected chi connectivity index (χ4v) is 1.76. The van der Waals surface area contributed by atoms with Crippen molar-refractivity contribution in [2.24, 2.45) is 5.41 Å². The van der Waals surface area contributed by atoms with Gasteiger partial charge in [0.15, 0.2) is 0 Å². The lowest BCUT2D eigenvalue weighted by Crippen LogP contribution is -2.52. The van der Waals surface area contributed by atoms with Crippen molar-refractivity contribution in [1.29, 1.82) is 0 Å². The summed E-state index contributed by atoms with van der Waals surface area (Å²) in [5.74, 6) is 0.595. The highest BCUT2D eigenvalue weighted by Crippen LogP contribution is 2.39. The molecule has 1 unspecified atom stereocenters. The molecule has 0 saturated heterocycles. The average molecular weight is 235 g/mol. The standard InChI is InChI=1S/C12H13NO4/c1-12(2)10(14)7-11(12)17-9-5-3-4-8(6-9)13(15)16/h3-6,11H,7H2,1-2H3. The number of hydrogen-bond acceptors (Lipinski definition) is 4. The minimum absolute atomic E-state index is 0.00837. The number of hydrogen-bond donors (Lipinski definition) is 0. The number of rotatable bonds is 3. The van der Waals surface area contributed by atoms with Gasteiger partial charge >= 0.3 is 0 Å². The fourth-order valence-electron chi connectivity index (χ4n) is 1.76. The van der Waals surface area contributed by atoms with Crippen LogP contribution < -0.4 is 4.74 Å². The Kier molecular flexibility index (Phi) is 2.61. The molecule has 1 aliphatic carbocycles. The lowest BCUT2D eigenvalue weighted by Gasteiger charge is -2.41. The molecule has 0 radical (unpaired) electrons. The number of ether oxygens (including phenoxy) is 1. The summed E-state index contributed by atoms with van der Waals surface area (Å²) in [4.78, 5) is 21.5. The summed E-state index contributed by atoms with van der Waals surface area (Å²) < 4.78 is 5.60. The Morgan fingerprint density at radius 3 is 2.71 bits per heavy atom. The Balaban J connectivity index is 2.12. The number of carbonyl (C=O) groups excluding carboxylic acids is 1. The van der Waals surface area contributed by atoms with Gasteiger partial charge < -0.3 is 4.74 Å². The molecule has 90 valence electrons. The zero-order valence-electron chi connectivity index (χ0n) is 9.67. The topological polar surface area (TPSA) is 69.4 Å². The summed E-state index contributed by atoms with van der Waals surface area (Å²) in [6.45, 7) is 3.64. The molecule has 0 bridgehead atoms. The minimum atomic E-state index is -0.495. The third-order valence-electron chi connectivity index (χ3n) is 3.20. The summed E-state index contributed by atoms with van der Waals surface area (Å²) >= 11 is 0. The van der Waals surface area contributed by atoms with Crippen LogP contribution in [0.25, 0.3) is 0 Å². The average Bonchev–Trinajstić information content (AvgIpc) is 2.29. The molecule has 0 amide bonds. The quantitative estimate of drug-likeness (QED) is 0.595. The van der Waals surface area contributed by atoms with E-state index >= 15 is 0 Å². The molecule has 1 aromatic carbocycles. The normalized spacial score (nSPS) is 21.8. The van der Waals surface area contributed by atoms with Gasteiger partial charge in [-0.25, -0.2) is 0 Å². The van der Waals surface area contributed by atoms with Crippen molar-refractivity contribution in [3.63, 3.8) is 0 Å². The van der Waals surface area contributed by atoms with E-state index in [4.69, 9.17) is 4.74 Å². The van der Waals surface area contributed by atoms with E-state index in [1.165, 1.54) is 12.1 Å². The molecule has 5 nitrogen and oxygen atoms in total. The summed E-state index contributed by atoms with van der Waals surface area (Å²) in [7, 11) is 0. The predicted molar refractivity (Wildman–Crippen MR) is 60.9 cm³/mol. The molecule has 0 spiro atoms. The van der Waals surface area contributed by atoms with E-state index in [0.29, 0.717) is 12.2 Å². The Morgan fingerprint density at radius 2 is 2.18 bits per heavy atom. The molecule has 1 saturated carbocycles. The van der Waals surface area contributed by atoms with Gasteiger partial charge in [-0.1, -0.05) is 6.07 Å². The fraction of sp³-hybridized carbons (Fsp3) is 0.417. The first-order valence-corrected chi connectivity index (χ1v) is 5.35. The summed E-state index contributed by atoms with van der Waals surface area (Å²) in [5, 5.41) is 10.6. The molecule has 1 aromatic rings. The summed E-state index contributed by atoms with van der Waals surface area (Å²) in [5.41, 5.74) is -0.504. The van der Waals surface area contributed by atoms with Crippen molar-refractivity contribution in [1.82, 2.24) is 0 Å². The van der Waals surface area contributed by atoms with Crippen LogP contribution in [0.3, 0.4) is 0 Å². The third kappa shape index (κ3) is 2.00. The van der Waals surface area contributed by atoms with Gasteiger partial charge in [0.1, 0.15) is 17.6 Å². The van der Waals surface area contributed by atoms with Crippen LogP contribution in [0, 0.1) is 15.5 Å².